The normalized spacial score (nSPS) is 10.7. The molecule has 2 N–H and O–H groups in total. The molecule has 0 aliphatic carbocycles. The Bertz CT molecular complexity index is 658. The lowest BCUT2D eigenvalue weighted by atomic mass is 10.2. The van der Waals surface area contributed by atoms with Crippen molar-refractivity contribution >= 4 is 32.7 Å². The van der Waals surface area contributed by atoms with E-state index in [1.54, 1.807) is 6.20 Å². The number of hydrogen-bond acceptors (Lipinski definition) is 2. The molecule has 0 aliphatic heterocycles. The Hall–Kier alpha value is -1.81. The molecule has 3 aromatic rings. The van der Waals surface area contributed by atoms with Gasteiger partial charge in [-0.3, -0.25) is 0 Å². The summed E-state index contributed by atoms with van der Waals surface area (Å²) in [6.07, 6.45) is 3.80. The van der Waals surface area contributed by atoms with Crippen LogP contribution < -0.4 is 5.32 Å². The van der Waals surface area contributed by atoms with E-state index < -0.39 is 0 Å². The van der Waals surface area contributed by atoms with Gasteiger partial charge in [-0.15, -0.1) is 0 Å². The molecule has 0 aliphatic rings. The molecule has 0 amide bonds. The molecule has 18 heavy (non-hydrogen) atoms. The van der Waals surface area contributed by atoms with Crippen molar-refractivity contribution in [1.82, 2.24) is 9.97 Å². The second-order valence-corrected chi connectivity index (χ2v) is 4.99. The monoisotopic (exact) mass is 301 g/mol. The summed E-state index contributed by atoms with van der Waals surface area (Å²) < 4.78 is 1.09. The Morgan fingerprint density at radius 3 is 2.83 bits per heavy atom. The largest absolute Gasteiger partial charge is 0.381 e. The van der Waals surface area contributed by atoms with E-state index in [1.165, 1.54) is 10.9 Å². The molecule has 0 radical (unpaired) electrons. The third kappa shape index (κ3) is 2.24. The number of aromatic amines is 1. The van der Waals surface area contributed by atoms with Crippen LogP contribution in [0.15, 0.2) is 53.3 Å². The van der Waals surface area contributed by atoms with Crippen LogP contribution in [0, 0.1) is 0 Å². The van der Waals surface area contributed by atoms with E-state index in [0.29, 0.717) is 0 Å². The molecule has 3 rings (SSSR count). The topological polar surface area (TPSA) is 40.7 Å². The minimum absolute atomic E-state index is 0.785. The van der Waals surface area contributed by atoms with Crippen molar-refractivity contribution in [3.63, 3.8) is 0 Å². The number of anilines is 1. The van der Waals surface area contributed by atoms with Gasteiger partial charge in [0.05, 0.1) is 0 Å². The molecule has 2 aromatic heterocycles. The van der Waals surface area contributed by atoms with Crippen LogP contribution in [0.1, 0.15) is 5.56 Å². The quantitative estimate of drug-likeness (QED) is 0.769. The van der Waals surface area contributed by atoms with Crippen LogP contribution in [0.25, 0.3) is 11.0 Å². The molecule has 0 fully saturated rings. The van der Waals surface area contributed by atoms with E-state index in [1.807, 2.05) is 24.4 Å². The van der Waals surface area contributed by atoms with Gasteiger partial charge in [-0.05, 0) is 42.0 Å². The van der Waals surface area contributed by atoms with E-state index in [9.17, 15) is 0 Å². The number of hydrogen-bond donors (Lipinski definition) is 2. The molecule has 3 nitrogen and oxygen atoms in total. The number of H-pyrrole nitrogens is 1. The zero-order chi connectivity index (χ0) is 12.4. The first kappa shape index (κ1) is 11.3. The molecule has 0 spiro atoms. The average molecular weight is 302 g/mol. The first-order valence-corrected chi connectivity index (χ1v) is 6.52. The summed E-state index contributed by atoms with van der Waals surface area (Å²) in [7, 11) is 0. The van der Waals surface area contributed by atoms with Gasteiger partial charge in [-0.1, -0.05) is 15.9 Å². The predicted molar refractivity (Wildman–Crippen MR) is 77.6 cm³/mol. The molecule has 0 atom stereocenters. The molecular formula is C14H12BrN3. The Labute approximate surface area is 113 Å². The maximum atomic E-state index is 4.28. The summed E-state index contributed by atoms with van der Waals surface area (Å²) in [5, 5.41) is 4.57. The standard InChI is InChI=1S/C14H12BrN3/c15-11-3-5-12(6-4-11)17-8-10-9-18-14-13(10)2-1-7-16-14/h1-7,9,17H,8H2,(H,16,18). The number of aromatic nitrogens is 2. The molecule has 2 heterocycles. The fourth-order valence-electron chi connectivity index (χ4n) is 1.92. The number of nitrogens with zero attached hydrogens (tertiary/aromatic N) is 1. The zero-order valence-corrected chi connectivity index (χ0v) is 11.2. The van der Waals surface area contributed by atoms with Crippen molar-refractivity contribution in [2.75, 3.05) is 5.32 Å². The van der Waals surface area contributed by atoms with E-state index in [4.69, 9.17) is 0 Å². The van der Waals surface area contributed by atoms with Gasteiger partial charge >= 0.3 is 0 Å². The molecular weight excluding hydrogens is 290 g/mol. The highest BCUT2D eigenvalue weighted by Gasteiger charge is 2.03. The Kier molecular flexibility index (Phi) is 3.02. The zero-order valence-electron chi connectivity index (χ0n) is 9.65. The van der Waals surface area contributed by atoms with Crippen LogP contribution in [0.3, 0.4) is 0 Å². The second-order valence-electron chi connectivity index (χ2n) is 4.07. The fraction of sp³-hybridized carbons (Fsp3) is 0.0714. The van der Waals surface area contributed by atoms with Crippen molar-refractivity contribution < 1.29 is 0 Å². The van der Waals surface area contributed by atoms with Crippen LogP contribution in [0.5, 0.6) is 0 Å². The molecule has 90 valence electrons. The summed E-state index contributed by atoms with van der Waals surface area (Å²) in [4.78, 5) is 7.45. The summed E-state index contributed by atoms with van der Waals surface area (Å²) >= 11 is 3.43. The first-order chi connectivity index (χ1) is 8.83. The Morgan fingerprint density at radius 1 is 1.17 bits per heavy atom. The highest BCUT2D eigenvalue weighted by Crippen LogP contribution is 2.18. The Balaban J connectivity index is 1.79. The van der Waals surface area contributed by atoms with Gasteiger partial charge in [-0.2, -0.15) is 0 Å². The minimum atomic E-state index is 0.785. The van der Waals surface area contributed by atoms with Crippen molar-refractivity contribution in [2.24, 2.45) is 0 Å². The van der Waals surface area contributed by atoms with Crippen molar-refractivity contribution in [1.29, 1.82) is 0 Å². The lowest BCUT2D eigenvalue weighted by Crippen LogP contribution is -1.98. The van der Waals surface area contributed by atoms with E-state index in [2.05, 4.69) is 49.4 Å². The molecule has 0 saturated heterocycles. The molecule has 0 bridgehead atoms. The van der Waals surface area contributed by atoms with Crippen molar-refractivity contribution in [2.45, 2.75) is 6.54 Å². The first-order valence-electron chi connectivity index (χ1n) is 5.73. The number of fused-ring (bicyclic) bond motifs is 1. The van der Waals surface area contributed by atoms with E-state index in [-0.39, 0.29) is 0 Å². The molecule has 1 aromatic carbocycles. The summed E-state index contributed by atoms with van der Waals surface area (Å²) in [5.41, 5.74) is 3.27. The summed E-state index contributed by atoms with van der Waals surface area (Å²) in [5.74, 6) is 0. The second kappa shape index (κ2) is 4.82. The lowest BCUT2D eigenvalue weighted by Gasteiger charge is -2.05. The van der Waals surface area contributed by atoms with Gasteiger partial charge in [-0.25, -0.2) is 4.98 Å². The van der Waals surface area contributed by atoms with Gasteiger partial charge in [0.1, 0.15) is 5.65 Å². The number of pyridine rings is 1. The highest BCUT2D eigenvalue weighted by molar-refractivity contribution is 9.10. The van der Waals surface area contributed by atoms with E-state index >= 15 is 0 Å². The highest BCUT2D eigenvalue weighted by atomic mass is 79.9. The van der Waals surface area contributed by atoms with Crippen LogP contribution in [0.2, 0.25) is 0 Å². The molecule has 4 heteroatoms. The summed E-state index contributed by atoms with van der Waals surface area (Å²) in [6.45, 7) is 0.785. The van der Waals surface area contributed by atoms with Gasteiger partial charge in [0.15, 0.2) is 0 Å². The Morgan fingerprint density at radius 2 is 2.00 bits per heavy atom. The van der Waals surface area contributed by atoms with Crippen molar-refractivity contribution in [3.8, 4) is 0 Å². The SMILES string of the molecule is Brc1ccc(NCc2c[nH]c3ncccc23)cc1. The smallest absolute Gasteiger partial charge is 0.137 e. The van der Waals surface area contributed by atoms with Gasteiger partial charge < -0.3 is 10.3 Å². The molecule has 0 saturated carbocycles. The predicted octanol–water partition coefficient (Wildman–Crippen LogP) is 3.94. The van der Waals surface area contributed by atoms with Crippen LogP contribution in [-0.2, 0) is 6.54 Å². The summed E-state index contributed by atoms with van der Waals surface area (Å²) in [6, 6.07) is 12.2. The molecule has 0 unspecified atom stereocenters. The van der Waals surface area contributed by atoms with Crippen LogP contribution in [-0.4, -0.2) is 9.97 Å². The maximum Gasteiger partial charge on any atom is 0.137 e. The number of nitrogens with one attached hydrogen (secondary N) is 2. The third-order valence-electron chi connectivity index (χ3n) is 2.86. The van der Waals surface area contributed by atoms with E-state index in [0.717, 1.165) is 22.4 Å². The fourth-order valence-corrected chi connectivity index (χ4v) is 2.19. The minimum Gasteiger partial charge on any atom is -0.381 e. The number of rotatable bonds is 3. The number of benzene rings is 1. The van der Waals surface area contributed by atoms with Gasteiger partial charge in [0.25, 0.3) is 0 Å². The lowest BCUT2D eigenvalue weighted by molar-refractivity contribution is 1.16. The van der Waals surface area contributed by atoms with Gasteiger partial charge in [0, 0.05) is 34.5 Å². The van der Waals surface area contributed by atoms with Crippen LogP contribution in [0.4, 0.5) is 5.69 Å². The van der Waals surface area contributed by atoms with Crippen molar-refractivity contribution in [3.05, 3.63) is 58.8 Å². The van der Waals surface area contributed by atoms with Gasteiger partial charge in [0.2, 0.25) is 0 Å². The maximum absolute atomic E-state index is 4.28. The average Bonchev–Trinajstić information content (AvgIpc) is 2.82. The van der Waals surface area contributed by atoms with Crippen LogP contribution >= 0.6 is 15.9 Å². The third-order valence-corrected chi connectivity index (χ3v) is 3.39. The number of halogens is 1.